The quantitative estimate of drug-likeness (QED) is 0.793. The number of rotatable bonds is 5. The lowest BCUT2D eigenvalue weighted by Crippen LogP contribution is -2.30. The van der Waals surface area contributed by atoms with Crippen molar-refractivity contribution in [3.05, 3.63) is 48.0 Å². The molecule has 0 aromatic heterocycles. The fourth-order valence-corrected chi connectivity index (χ4v) is 4.65. The Morgan fingerprint density at radius 1 is 1.15 bits per heavy atom. The second-order valence-electron chi connectivity index (χ2n) is 6.98. The van der Waals surface area contributed by atoms with E-state index in [-0.39, 0.29) is 16.7 Å². The van der Waals surface area contributed by atoms with Gasteiger partial charge < -0.3 is 9.64 Å². The van der Waals surface area contributed by atoms with Gasteiger partial charge in [-0.1, -0.05) is 0 Å². The number of hydrogen-bond acceptors (Lipinski definition) is 4. The molecule has 1 amide bonds. The van der Waals surface area contributed by atoms with Crippen LogP contribution in [-0.2, 0) is 21.2 Å². The SMILES string of the molecule is COc1ccc(N(C)S(=O)(=O)c2ccc3c(c2)CCN3C(=O)C2CC2)cc1. The number of sulfonamides is 1. The summed E-state index contributed by atoms with van der Waals surface area (Å²) in [6.07, 6.45) is 2.61. The Labute approximate surface area is 159 Å². The molecule has 27 heavy (non-hydrogen) atoms. The highest BCUT2D eigenvalue weighted by Gasteiger charge is 2.37. The van der Waals surface area contributed by atoms with Gasteiger partial charge in [0.1, 0.15) is 5.75 Å². The Bertz CT molecular complexity index is 982. The molecule has 1 aliphatic heterocycles. The summed E-state index contributed by atoms with van der Waals surface area (Å²) in [6, 6.07) is 11.9. The molecule has 0 spiro atoms. The van der Waals surface area contributed by atoms with Gasteiger partial charge in [-0.2, -0.15) is 0 Å². The Kier molecular flexibility index (Phi) is 4.34. The van der Waals surface area contributed by atoms with Crippen molar-refractivity contribution in [1.82, 2.24) is 0 Å². The van der Waals surface area contributed by atoms with Gasteiger partial charge in [0.05, 0.1) is 17.7 Å². The summed E-state index contributed by atoms with van der Waals surface area (Å²) in [5.41, 5.74) is 2.31. The smallest absolute Gasteiger partial charge is 0.264 e. The first-order valence-corrected chi connectivity index (χ1v) is 10.4. The van der Waals surface area contributed by atoms with Crippen molar-refractivity contribution in [2.75, 3.05) is 29.9 Å². The Balaban J connectivity index is 1.61. The highest BCUT2D eigenvalue weighted by Crippen LogP contribution is 2.37. The maximum absolute atomic E-state index is 13.0. The molecule has 0 radical (unpaired) electrons. The maximum atomic E-state index is 13.0. The van der Waals surface area contributed by atoms with Gasteiger partial charge in [-0.25, -0.2) is 8.42 Å². The molecule has 1 saturated carbocycles. The van der Waals surface area contributed by atoms with Crippen LogP contribution in [0.4, 0.5) is 11.4 Å². The third-order valence-electron chi connectivity index (χ3n) is 5.23. The lowest BCUT2D eigenvalue weighted by atomic mass is 10.2. The van der Waals surface area contributed by atoms with Gasteiger partial charge in [-0.05, 0) is 67.3 Å². The van der Waals surface area contributed by atoms with Gasteiger partial charge >= 0.3 is 0 Å². The Morgan fingerprint density at radius 3 is 2.48 bits per heavy atom. The topological polar surface area (TPSA) is 66.9 Å². The average Bonchev–Trinajstić information content (AvgIpc) is 3.45. The standard InChI is InChI=1S/C20H22N2O4S/c1-21(16-5-7-17(26-2)8-6-16)27(24,25)18-9-10-19-15(13-18)11-12-22(19)20(23)14-3-4-14/h5-10,13-14H,3-4,11-12H2,1-2H3. The van der Waals surface area contributed by atoms with Crippen LogP contribution in [0, 0.1) is 5.92 Å². The van der Waals surface area contributed by atoms with Crippen molar-refractivity contribution in [2.24, 2.45) is 5.92 Å². The molecule has 2 aromatic rings. The van der Waals surface area contributed by atoms with Crippen LogP contribution in [0.1, 0.15) is 18.4 Å². The summed E-state index contributed by atoms with van der Waals surface area (Å²) in [5.74, 6) is 0.989. The summed E-state index contributed by atoms with van der Waals surface area (Å²) in [7, 11) is -0.584. The van der Waals surface area contributed by atoms with Crippen LogP contribution in [0.15, 0.2) is 47.4 Å². The number of carbonyl (C=O) groups excluding carboxylic acids is 1. The number of methoxy groups -OCH3 is 1. The van der Waals surface area contributed by atoms with Gasteiger partial charge in [0, 0.05) is 25.2 Å². The lowest BCUT2D eigenvalue weighted by molar-refractivity contribution is -0.119. The number of amides is 1. The van der Waals surface area contributed by atoms with E-state index >= 15 is 0 Å². The largest absolute Gasteiger partial charge is 0.497 e. The van der Waals surface area contributed by atoms with Crippen LogP contribution < -0.4 is 13.9 Å². The van der Waals surface area contributed by atoms with E-state index in [2.05, 4.69) is 0 Å². The summed E-state index contributed by atoms with van der Waals surface area (Å²) < 4.78 is 32.4. The normalized spacial score (nSPS) is 16.1. The first-order chi connectivity index (χ1) is 12.9. The molecule has 2 aliphatic rings. The van der Waals surface area contributed by atoms with Crippen molar-refractivity contribution < 1.29 is 17.9 Å². The number of anilines is 2. The Hall–Kier alpha value is -2.54. The van der Waals surface area contributed by atoms with E-state index in [0.717, 1.165) is 24.1 Å². The predicted molar refractivity (Wildman–Crippen MR) is 104 cm³/mol. The molecule has 7 heteroatoms. The second kappa shape index (κ2) is 6.56. The zero-order valence-electron chi connectivity index (χ0n) is 15.4. The maximum Gasteiger partial charge on any atom is 0.264 e. The number of ether oxygens (including phenoxy) is 1. The fraction of sp³-hybridized carbons (Fsp3) is 0.350. The fourth-order valence-electron chi connectivity index (χ4n) is 3.41. The molecule has 2 aromatic carbocycles. The van der Waals surface area contributed by atoms with Gasteiger partial charge in [0.15, 0.2) is 0 Å². The molecule has 1 heterocycles. The number of hydrogen-bond donors (Lipinski definition) is 0. The molecule has 1 fully saturated rings. The zero-order chi connectivity index (χ0) is 19.2. The van der Waals surface area contributed by atoms with Gasteiger partial charge in [0.25, 0.3) is 10.0 Å². The van der Waals surface area contributed by atoms with Crippen LogP contribution in [0.2, 0.25) is 0 Å². The van der Waals surface area contributed by atoms with Crippen LogP contribution in [0.3, 0.4) is 0 Å². The third-order valence-corrected chi connectivity index (χ3v) is 7.02. The molecule has 0 atom stereocenters. The molecule has 0 unspecified atom stereocenters. The van der Waals surface area contributed by atoms with Crippen molar-refractivity contribution in [3.63, 3.8) is 0 Å². The minimum atomic E-state index is -3.69. The molecule has 6 nitrogen and oxygen atoms in total. The second-order valence-corrected chi connectivity index (χ2v) is 8.94. The highest BCUT2D eigenvalue weighted by molar-refractivity contribution is 7.92. The van der Waals surface area contributed by atoms with Crippen molar-refractivity contribution >= 4 is 27.3 Å². The van der Waals surface area contributed by atoms with Gasteiger partial charge in [-0.3, -0.25) is 9.10 Å². The van der Waals surface area contributed by atoms with Crippen molar-refractivity contribution in [1.29, 1.82) is 0 Å². The van der Waals surface area contributed by atoms with Crippen LogP contribution in [0.25, 0.3) is 0 Å². The van der Waals surface area contributed by atoms with Gasteiger partial charge in [-0.15, -0.1) is 0 Å². The molecular formula is C20H22N2O4S. The van der Waals surface area contributed by atoms with E-state index in [4.69, 9.17) is 4.74 Å². The highest BCUT2D eigenvalue weighted by atomic mass is 32.2. The van der Waals surface area contributed by atoms with E-state index in [1.54, 1.807) is 54.5 Å². The van der Waals surface area contributed by atoms with E-state index in [0.29, 0.717) is 24.4 Å². The van der Waals surface area contributed by atoms with E-state index < -0.39 is 10.0 Å². The number of carbonyl (C=O) groups is 1. The van der Waals surface area contributed by atoms with E-state index in [1.165, 1.54) is 11.4 Å². The molecule has 4 rings (SSSR count). The number of fused-ring (bicyclic) bond motifs is 1. The monoisotopic (exact) mass is 386 g/mol. The van der Waals surface area contributed by atoms with Crippen molar-refractivity contribution in [2.45, 2.75) is 24.2 Å². The van der Waals surface area contributed by atoms with E-state index in [1.807, 2.05) is 0 Å². The minimum Gasteiger partial charge on any atom is -0.497 e. The summed E-state index contributed by atoms with van der Waals surface area (Å²) in [5, 5.41) is 0. The van der Waals surface area contributed by atoms with Crippen LogP contribution in [-0.4, -0.2) is 35.0 Å². The molecule has 0 bridgehead atoms. The summed E-state index contributed by atoms with van der Waals surface area (Å²) >= 11 is 0. The molecule has 0 N–H and O–H groups in total. The minimum absolute atomic E-state index is 0.153. The third kappa shape index (κ3) is 3.16. The first kappa shape index (κ1) is 17.9. The average molecular weight is 386 g/mol. The number of benzene rings is 2. The summed E-state index contributed by atoms with van der Waals surface area (Å²) in [4.78, 5) is 14.4. The lowest BCUT2D eigenvalue weighted by Gasteiger charge is -2.21. The van der Waals surface area contributed by atoms with Gasteiger partial charge in [0.2, 0.25) is 5.91 Å². The first-order valence-electron chi connectivity index (χ1n) is 8.99. The molecule has 142 valence electrons. The molecule has 0 saturated heterocycles. The van der Waals surface area contributed by atoms with Crippen molar-refractivity contribution in [3.8, 4) is 5.75 Å². The Morgan fingerprint density at radius 2 is 1.85 bits per heavy atom. The zero-order valence-corrected chi connectivity index (χ0v) is 16.2. The molecule has 1 aliphatic carbocycles. The van der Waals surface area contributed by atoms with E-state index in [9.17, 15) is 13.2 Å². The summed E-state index contributed by atoms with van der Waals surface area (Å²) in [6.45, 7) is 0.627. The van der Waals surface area contributed by atoms with Crippen LogP contribution >= 0.6 is 0 Å². The molecular weight excluding hydrogens is 364 g/mol. The number of nitrogens with zero attached hydrogens (tertiary/aromatic N) is 2. The van der Waals surface area contributed by atoms with Crippen LogP contribution in [0.5, 0.6) is 5.75 Å². The predicted octanol–water partition coefficient (Wildman–Crippen LogP) is 2.82.